The van der Waals surface area contributed by atoms with Crippen molar-refractivity contribution in [1.82, 2.24) is 15.2 Å². The smallest absolute Gasteiger partial charge is 0.271 e. The van der Waals surface area contributed by atoms with E-state index in [2.05, 4.69) is 102 Å². The Balaban J connectivity index is 1.30. The Morgan fingerprint density at radius 1 is 0.775 bits per heavy atom. The maximum atomic E-state index is 12.8. The number of rotatable bonds is 12. The van der Waals surface area contributed by atoms with Gasteiger partial charge in [0.1, 0.15) is 10.7 Å². The van der Waals surface area contributed by atoms with Crippen LogP contribution in [0.4, 0.5) is 0 Å². The number of benzene rings is 4. The molecule has 202 valence electrons. The second kappa shape index (κ2) is 13.8. The highest BCUT2D eigenvalue weighted by Crippen LogP contribution is 2.29. The molecule has 40 heavy (non-hydrogen) atoms. The van der Waals surface area contributed by atoms with Gasteiger partial charge in [-0.05, 0) is 42.1 Å². The quantitative estimate of drug-likeness (QED) is 0.176. The molecule has 1 amide bonds. The number of hydrogen-bond donors (Lipinski definition) is 1. The van der Waals surface area contributed by atoms with E-state index in [-0.39, 0.29) is 5.91 Å². The van der Waals surface area contributed by atoms with E-state index in [0.29, 0.717) is 24.7 Å². The van der Waals surface area contributed by atoms with Crippen molar-refractivity contribution in [2.75, 3.05) is 6.54 Å². The van der Waals surface area contributed by atoms with Crippen LogP contribution in [0.1, 0.15) is 55.7 Å². The van der Waals surface area contributed by atoms with Crippen LogP contribution >= 0.6 is 11.3 Å². The Morgan fingerprint density at radius 2 is 1.38 bits per heavy atom. The fraction of sp³-hybridized carbons (Fsp3) is 0.200. The highest BCUT2D eigenvalue weighted by atomic mass is 32.1. The molecule has 4 nitrogen and oxygen atoms in total. The maximum Gasteiger partial charge on any atom is 0.271 e. The summed E-state index contributed by atoms with van der Waals surface area (Å²) in [4.78, 5) is 20.0. The molecule has 0 radical (unpaired) electrons. The molecule has 0 aliphatic rings. The lowest BCUT2D eigenvalue weighted by Gasteiger charge is -2.25. The van der Waals surface area contributed by atoms with Crippen LogP contribution in [0.25, 0.3) is 0 Å². The summed E-state index contributed by atoms with van der Waals surface area (Å²) in [7, 11) is 0. The fourth-order valence-electron chi connectivity index (χ4n) is 4.92. The van der Waals surface area contributed by atoms with Gasteiger partial charge in [0, 0.05) is 24.4 Å². The molecule has 0 saturated heterocycles. The molecule has 0 unspecified atom stereocenters. The molecule has 1 aromatic heterocycles. The van der Waals surface area contributed by atoms with Gasteiger partial charge >= 0.3 is 0 Å². The lowest BCUT2D eigenvalue weighted by Crippen LogP contribution is -2.26. The normalized spacial score (nSPS) is 11.2. The number of amides is 1. The summed E-state index contributed by atoms with van der Waals surface area (Å²) in [6.45, 7) is 5.03. The summed E-state index contributed by atoms with van der Waals surface area (Å²) in [5.41, 5.74) is 6.75. The third-order valence-corrected chi connectivity index (χ3v) is 7.94. The van der Waals surface area contributed by atoms with Crippen molar-refractivity contribution in [3.8, 4) is 0 Å². The summed E-state index contributed by atoms with van der Waals surface area (Å²) >= 11 is 1.55. The molecule has 0 spiro atoms. The Labute approximate surface area is 241 Å². The van der Waals surface area contributed by atoms with Crippen molar-refractivity contribution in [2.45, 2.75) is 38.9 Å². The Hall–Kier alpha value is -4.06. The van der Waals surface area contributed by atoms with Gasteiger partial charge in [0.25, 0.3) is 5.91 Å². The van der Waals surface area contributed by atoms with Gasteiger partial charge in [-0.25, -0.2) is 4.98 Å². The van der Waals surface area contributed by atoms with Crippen molar-refractivity contribution >= 4 is 17.2 Å². The standard InChI is InChI=1S/C35H35N3OS/c1-27-17-19-29(20-18-27)24-38(22-21-32(30-13-7-3-8-14-30)31-15-9-4-10-16-31)25-34-37-33(26-40-34)35(39)36-23-28-11-5-2-6-12-28/h2-20,26,32H,21-25H2,1H3,(H,36,39). The van der Waals surface area contributed by atoms with Gasteiger partial charge in [-0.15, -0.1) is 11.3 Å². The monoisotopic (exact) mass is 545 g/mol. The van der Waals surface area contributed by atoms with Crippen LogP contribution in [-0.2, 0) is 19.6 Å². The van der Waals surface area contributed by atoms with Gasteiger partial charge in [0.05, 0.1) is 6.54 Å². The minimum Gasteiger partial charge on any atom is -0.347 e. The van der Waals surface area contributed by atoms with Crippen LogP contribution in [0.15, 0.2) is 121 Å². The van der Waals surface area contributed by atoms with E-state index in [1.165, 1.54) is 22.3 Å². The van der Waals surface area contributed by atoms with Gasteiger partial charge in [-0.2, -0.15) is 0 Å². The molecule has 4 aromatic carbocycles. The molecule has 0 aliphatic heterocycles. The largest absolute Gasteiger partial charge is 0.347 e. The van der Waals surface area contributed by atoms with E-state index < -0.39 is 0 Å². The van der Waals surface area contributed by atoms with E-state index in [9.17, 15) is 4.79 Å². The summed E-state index contributed by atoms with van der Waals surface area (Å²) < 4.78 is 0. The molecule has 5 rings (SSSR count). The molecule has 0 saturated carbocycles. The third-order valence-electron chi connectivity index (χ3n) is 7.10. The van der Waals surface area contributed by atoms with Crippen LogP contribution in [0.5, 0.6) is 0 Å². The molecule has 0 bridgehead atoms. The molecule has 5 heteroatoms. The Kier molecular flexibility index (Phi) is 9.51. The van der Waals surface area contributed by atoms with E-state index >= 15 is 0 Å². The van der Waals surface area contributed by atoms with Crippen molar-refractivity contribution in [3.05, 3.63) is 159 Å². The van der Waals surface area contributed by atoms with Crippen LogP contribution in [0, 0.1) is 6.92 Å². The third kappa shape index (κ3) is 7.75. The summed E-state index contributed by atoms with van der Waals surface area (Å²) in [6, 6.07) is 40.2. The molecule has 0 aliphatic carbocycles. The van der Waals surface area contributed by atoms with E-state index in [1.807, 2.05) is 35.7 Å². The van der Waals surface area contributed by atoms with Crippen LogP contribution in [0.2, 0.25) is 0 Å². The van der Waals surface area contributed by atoms with E-state index in [4.69, 9.17) is 4.98 Å². The Bertz CT molecular complexity index is 1430. The van der Waals surface area contributed by atoms with Crippen molar-refractivity contribution in [1.29, 1.82) is 0 Å². The lowest BCUT2D eigenvalue weighted by atomic mass is 9.88. The van der Waals surface area contributed by atoms with Crippen LogP contribution < -0.4 is 5.32 Å². The fourth-order valence-corrected chi connectivity index (χ4v) is 5.74. The number of aromatic nitrogens is 1. The van der Waals surface area contributed by atoms with Gasteiger partial charge in [-0.3, -0.25) is 9.69 Å². The second-order valence-corrected chi connectivity index (χ2v) is 11.1. The highest BCUT2D eigenvalue weighted by Gasteiger charge is 2.18. The maximum absolute atomic E-state index is 12.8. The van der Waals surface area contributed by atoms with E-state index in [0.717, 1.165) is 30.1 Å². The second-order valence-electron chi connectivity index (χ2n) is 10.2. The average Bonchev–Trinajstić information content (AvgIpc) is 3.47. The molecule has 0 atom stereocenters. The molecule has 1 N–H and O–H groups in total. The zero-order valence-electron chi connectivity index (χ0n) is 22.9. The first-order chi connectivity index (χ1) is 19.6. The average molecular weight is 546 g/mol. The SMILES string of the molecule is Cc1ccc(CN(CCC(c2ccccc2)c2ccccc2)Cc2nc(C(=O)NCc3ccccc3)cs2)cc1. The van der Waals surface area contributed by atoms with Crippen LogP contribution in [-0.4, -0.2) is 22.3 Å². The minimum absolute atomic E-state index is 0.135. The highest BCUT2D eigenvalue weighted by molar-refractivity contribution is 7.09. The van der Waals surface area contributed by atoms with E-state index in [1.54, 1.807) is 11.3 Å². The van der Waals surface area contributed by atoms with Gasteiger partial charge in [-0.1, -0.05) is 121 Å². The topological polar surface area (TPSA) is 45.2 Å². The number of nitrogens with zero attached hydrogens (tertiary/aromatic N) is 2. The first-order valence-corrected chi connectivity index (χ1v) is 14.7. The van der Waals surface area contributed by atoms with Gasteiger partial charge in [0.2, 0.25) is 0 Å². The number of carbonyl (C=O) groups excluding carboxylic acids is 1. The number of nitrogens with one attached hydrogen (secondary N) is 1. The summed E-state index contributed by atoms with van der Waals surface area (Å²) in [6.07, 6.45) is 0.982. The zero-order valence-corrected chi connectivity index (χ0v) is 23.7. The van der Waals surface area contributed by atoms with Gasteiger partial charge < -0.3 is 5.32 Å². The van der Waals surface area contributed by atoms with Crippen molar-refractivity contribution < 1.29 is 4.79 Å². The number of hydrogen-bond acceptors (Lipinski definition) is 4. The molecule has 1 heterocycles. The molecule has 5 aromatic rings. The van der Waals surface area contributed by atoms with Crippen molar-refractivity contribution in [3.63, 3.8) is 0 Å². The number of carbonyl (C=O) groups is 1. The number of thiazole rings is 1. The van der Waals surface area contributed by atoms with Crippen LogP contribution in [0.3, 0.4) is 0 Å². The van der Waals surface area contributed by atoms with Crippen molar-refractivity contribution in [2.24, 2.45) is 0 Å². The summed E-state index contributed by atoms with van der Waals surface area (Å²) in [5.74, 6) is 0.170. The predicted molar refractivity (Wildman–Crippen MR) is 164 cm³/mol. The Morgan fingerprint density at radius 3 is 2.00 bits per heavy atom. The first-order valence-electron chi connectivity index (χ1n) is 13.8. The molecule has 0 fully saturated rings. The summed E-state index contributed by atoms with van der Waals surface area (Å²) in [5, 5.41) is 5.82. The minimum atomic E-state index is -0.135. The molecular formula is C35H35N3OS. The molecular weight excluding hydrogens is 510 g/mol. The van der Waals surface area contributed by atoms with Gasteiger partial charge in [0.15, 0.2) is 0 Å². The number of aryl methyl sites for hydroxylation is 1. The lowest BCUT2D eigenvalue weighted by molar-refractivity contribution is 0.0946. The first kappa shape index (κ1) is 27.5. The predicted octanol–water partition coefficient (Wildman–Crippen LogP) is 7.61. The zero-order chi connectivity index (χ0) is 27.6.